The van der Waals surface area contributed by atoms with Crippen LogP contribution in [0.3, 0.4) is 0 Å². The Morgan fingerprint density at radius 1 is 1.05 bits per heavy atom. The molecular weight excluding hydrogens is 238 g/mol. The van der Waals surface area contributed by atoms with Gasteiger partial charge < -0.3 is 14.8 Å². The van der Waals surface area contributed by atoms with Gasteiger partial charge >= 0.3 is 0 Å². The largest absolute Gasteiger partial charge is 0.491 e. The van der Waals surface area contributed by atoms with Crippen molar-refractivity contribution in [3.63, 3.8) is 0 Å². The molecule has 0 aromatic heterocycles. The van der Waals surface area contributed by atoms with Crippen molar-refractivity contribution in [1.82, 2.24) is 5.32 Å². The summed E-state index contributed by atoms with van der Waals surface area (Å²) in [4.78, 5) is 0. The van der Waals surface area contributed by atoms with Gasteiger partial charge in [0.1, 0.15) is 5.75 Å². The van der Waals surface area contributed by atoms with Crippen molar-refractivity contribution >= 4 is 0 Å². The SMILES string of the molecule is COCCNC(C)C(C)c1ccc(OC(C)C)cc1. The van der Waals surface area contributed by atoms with Crippen LogP contribution in [-0.4, -0.2) is 32.4 Å². The molecular formula is C16H27NO2. The lowest BCUT2D eigenvalue weighted by Gasteiger charge is -2.22. The van der Waals surface area contributed by atoms with Gasteiger partial charge in [-0.25, -0.2) is 0 Å². The highest BCUT2D eigenvalue weighted by atomic mass is 16.5. The van der Waals surface area contributed by atoms with Gasteiger partial charge in [-0.2, -0.15) is 0 Å². The molecule has 0 fully saturated rings. The van der Waals surface area contributed by atoms with E-state index in [4.69, 9.17) is 9.47 Å². The summed E-state index contributed by atoms with van der Waals surface area (Å²) < 4.78 is 10.7. The fourth-order valence-electron chi connectivity index (χ4n) is 1.98. The van der Waals surface area contributed by atoms with E-state index in [0.29, 0.717) is 12.0 Å². The molecule has 1 aromatic rings. The third kappa shape index (κ3) is 5.62. The molecule has 0 heterocycles. The van der Waals surface area contributed by atoms with Crippen molar-refractivity contribution in [2.75, 3.05) is 20.3 Å². The van der Waals surface area contributed by atoms with Gasteiger partial charge in [-0.1, -0.05) is 19.1 Å². The van der Waals surface area contributed by atoms with E-state index in [1.165, 1.54) is 5.56 Å². The molecule has 3 heteroatoms. The zero-order valence-corrected chi connectivity index (χ0v) is 12.8. The molecule has 0 aliphatic rings. The number of rotatable bonds is 8. The van der Waals surface area contributed by atoms with Crippen LogP contribution in [0, 0.1) is 0 Å². The highest BCUT2D eigenvalue weighted by Gasteiger charge is 2.13. The van der Waals surface area contributed by atoms with Crippen LogP contribution in [0.25, 0.3) is 0 Å². The molecule has 3 nitrogen and oxygen atoms in total. The summed E-state index contributed by atoms with van der Waals surface area (Å²) in [5.74, 6) is 1.40. The number of nitrogens with one attached hydrogen (secondary N) is 1. The second kappa shape index (κ2) is 8.18. The molecule has 0 saturated carbocycles. The normalized spacial score (nSPS) is 14.4. The highest BCUT2D eigenvalue weighted by Crippen LogP contribution is 2.22. The Morgan fingerprint density at radius 3 is 2.21 bits per heavy atom. The first-order valence-corrected chi connectivity index (χ1v) is 7.03. The monoisotopic (exact) mass is 265 g/mol. The number of hydrogen-bond acceptors (Lipinski definition) is 3. The Balaban J connectivity index is 2.54. The Hall–Kier alpha value is -1.06. The third-order valence-corrected chi connectivity index (χ3v) is 3.30. The smallest absolute Gasteiger partial charge is 0.119 e. The third-order valence-electron chi connectivity index (χ3n) is 3.30. The number of hydrogen-bond donors (Lipinski definition) is 1. The van der Waals surface area contributed by atoms with Gasteiger partial charge in [0.2, 0.25) is 0 Å². The topological polar surface area (TPSA) is 30.5 Å². The Bertz CT molecular complexity index is 348. The van der Waals surface area contributed by atoms with E-state index in [2.05, 4.69) is 31.3 Å². The first-order valence-electron chi connectivity index (χ1n) is 7.03. The van der Waals surface area contributed by atoms with E-state index in [-0.39, 0.29) is 6.10 Å². The van der Waals surface area contributed by atoms with E-state index in [0.717, 1.165) is 18.9 Å². The van der Waals surface area contributed by atoms with Crippen LogP contribution in [0.4, 0.5) is 0 Å². The van der Waals surface area contributed by atoms with E-state index >= 15 is 0 Å². The van der Waals surface area contributed by atoms with Crippen LogP contribution in [0.5, 0.6) is 5.75 Å². The van der Waals surface area contributed by atoms with Crippen LogP contribution in [0.1, 0.15) is 39.2 Å². The van der Waals surface area contributed by atoms with Crippen molar-refractivity contribution in [3.05, 3.63) is 29.8 Å². The summed E-state index contributed by atoms with van der Waals surface area (Å²) in [6.07, 6.45) is 0.220. The lowest BCUT2D eigenvalue weighted by Crippen LogP contribution is -2.33. The second-order valence-electron chi connectivity index (χ2n) is 5.26. The molecule has 1 rings (SSSR count). The summed E-state index contributed by atoms with van der Waals surface area (Å²) in [6, 6.07) is 8.82. The number of ether oxygens (including phenoxy) is 2. The molecule has 0 spiro atoms. The lowest BCUT2D eigenvalue weighted by molar-refractivity contribution is 0.195. The van der Waals surface area contributed by atoms with Crippen molar-refractivity contribution < 1.29 is 9.47 Å². The first-order chi connectivity index (χ1) is 9.04. The molecule has 0 radical (unpaired) electrons. The van der Waals surface area contributed by atoms with Gasteiger partial charge in [0.15, 0.2) is 0 Å². The summed E-state index contributed by atoms with van der Waals surface area (Å²) in [6.45, 7) is 10.2. The molecule has 1 aromatic carbocycles. The van der Waals surface area contributed by atoms with Crippen LogP contribution >= 0.6 is 0 Å². The molecule has 19 heavy (non-hydrogen) atoms. The Labute approximate surface area is 117 Å². The maximum Gasteiger partial charge on any atom is 0.119 e. The zero-order valence-electron chi connectivity index (χ0n) is 12.8. The summed E-state index contributed by atoms with van der Waals surface area (Å²) in [5.41, 5.74) is 1.33. The maximum absolute atomic E-state index is 5.66. The van der Waals surface area contributed by atoms with Crippen LogP contribution < -0.4 is 10.1 Å². The van der Waals surface area contributed by atoms with Gasteiger partial charge in [-0.15, -0.1) is 0 Å². The van der Waals surface area contributed by atoms with Crippen molar-refractivity contribution in [1.29, 1.82) is 0 Å². The van der Waals surface area contributed by atoms with E-state index in [1.807, 2.05) is 26.0 Å². The van der Waals surface area contributed by atoms with Crippen molar-refractivity contribution in [2.24, 2.45) is 0 Å². The van der Waals surface area contributed by atoms with Gasteiger partial charge in [0, 0.05) is 19.7 Å². The molecule has 1 N–H and O–H groups in total. The molecule has 0 bridgehead atoms. The molecule has 2 unspecified atom stereocenters. The predicted octanol–water partition coefficient (Wildman–Crippen LogP) is 3.20. The summed E-state index contributed by atoms with van der Waals surface area (Å²) >= 11 is 0. The van der Waals surface area contributed by atoms with Gasteiger partial charge in [0.05, 0.1) is 12.7 Å². The van der Waals surface area contributed by atoms with E-state index < -0.39 is 0 Å². The number of benzene rings is 1. The highest BCUT2D eigenvalue weighted by molar-refractivity contribution is 5.30. The van der Waals surface area contributed by atoms with Crippen LogP contribution in [0.2, 0.25) is 0 Å². The quantitative estimate of drug-likeness (QED) is 0.732. The Morgan fingerprint density at radius 2 is 1.68 bits per heavy atom. The number of methoxy groups -OCH3 is 1. The molecule has 0 saturated heterocycles. The average Bonchev–Trinajstić information content (AvgIpc) is 2.38. The summed E-state index contributed by atoms with van der Waals surface area (Å²) in [5, 5.41) is 3.47. The van der Waals surface area contributed by atoms with Gasteiger partial charge in [-0.05, 0) is 44.4 Å². The first kappa shape index (κ1) is 16.0. The van der Waals surface area contributed by atoms with Crippen molar-refractivity contribution in [3.8, 4) is 5.75 Å². The van der Waals surface area contributed by atoms with Gasteiger partial charge in [-0.3, -0.25) is 0 Å². The zero-order chi connectivity index (χ0) is 14.3. The van der Waals surface area contributed by atoms with Crippen LogP contribution in [-0.2, 0) is 4.74 Å². The van der Waals surface area contributed by atoms with Crippen molar-refractivity contribution in [2.45, 2.75) is 45.8 Å². The lowest BCUT2D eigenvalue weighted by atomic mass is 9.94. The Kier molecular flexibility index (Phi) is 6.89. The fourth-order valence-corrected chi connectivity index (χ4v) is 1.98. The second-order valence-corrected chi connectivity index (χ2v) is 5.26. The molecule has 0 aliphatic heterocycles. The van der Waals surface area contributed by atoms with Gasteiger partial charge in [0.25, 0.3) is 0 Å². The minimum Gasteiger partial charge on any atom is -0.491 e. The minimum absolute atomic E-state index is 0.220. The minimum atomic E-state index is 0.220. The molecule has 2 atom stereocenters. The fraction of sp³-hybridized carbons (Fsp3) is 0.625. The summed E-state index contributed by atoms with van der Waals surface area (Å²) in [7, 11) is 1.73. The molecule has 108 valence electrons. The standard InChI is InChI=1S/C16H27NO2/c1-12(2)19-16-8-6-15(7-9-16)13(3)14(4)17-10-11-18-5/h6-9,12-14,17H,10-11H2,1-5H3. The average molecular weight is 265 g/mol. The van der Waals surface area contributed by atoms with E-state index in [1.54, 1.807) is 7.11 Å². The maximum atomic E-state index is 5.66. The van der Waals surface area contributed by atoms with Crippen LogP contribution in [0.15, 0.2) is 24.3 Å². The molecule has 0 amide bonds. The predicted molar refractivity (Wildman–Crippen MR) is 80.0 cm³/mol. The van der Waals surface area contributed by atoms with E-state index in [9.17, 15) is 0 Å². The molecule has 0 aliphatic carbocycles.